The van der Waals surface area contributed by atoms with Crippen molar-refractivity contribution in [2.45, 2.75) is 110 Å². The van der Waals surface area contributed by atoms with Crippen LogP contribution in [0.15, 0.2) is 0 Å². The summed E-state index contributed by atoms with van der Waals surface area (Å²) in [7, 11) is 0. The lowest BCUT2D eigenvalue weighted by Gasteiger charge is -2.18. The maximum absolute atomic E-state index is 11.1. The zero-order chi connectivity index (χ0) is 18.9. The number of unbranched alkanes of at least 4 members (excludes halogenated alkanes) is 11. The first-order valence-corrected chi connectivity index (χ1v) is 11.1. The van der Waals surface area contributed by atoms with Crippen molar-refractivity contribution in [1.29, 1.82) is 0 Å². The largest absolute Gasteiger partial charge is 0.281 e. The van der Waals surface area contributed by atoms with E-state index in [1.165, 1.54) is 64.2 Å². The van der Waals surface area contributed by atoms with Gasteiger partial charge in [0.15, 0.2) is 0 Å². The number of carbonyl (C=O) groups is 2. The molecule has 0 aliphatic carbocycles. The van der Waals surface area contributed by atoms with Crippen LogP contribution < -0.4 is 0 Å². The van der Waals surface area contributed by atoms with E-state index in [-0.39, 0.29) is 10.5 Å². The van der Waals surface area contributed by atoms with Crippen molar-refractivity contribution in [3.63, 3.8) is 0 Å². The van der Waals surface area contributed by atoms with E-state index in [0.29, 0.717) is 24.7 Å². The molecule has 0 aromatic heterocycles. The van der Waals surface area contributed by atoms with Crippen LogP contribution in [0.4, 0.5) is 0 Å². The molecule has 0 aromatic rings. The van der Waals surface area contributed by atoms with Gasteiger partial charge in [-0.1, -0.05) is 84.5 Å². The van der Waals surface area contributed by atoms with Crippen molar-refractivity contribution in [2.24, 2.45) is 11.8 Å². The van der Waals surface area contributed by atoms with E-state index in [9.17, 15) is 9.59 Å². The summed E-state index contributed by atoms with van der Waals surface area (Å²) in [5, 5.41) is -0.390. The molecule has 0 saturated carbocycles. The molecule has 0 bridgehead atoms. The van der Waals surface area contributed by atoms with Crippen molar-refractivity contribution in [3.8, 4) is 0 Å². The van der Waals surface area contributed by atoms with Gasteiger partial charge in [0.25, 0.3) is 0 Å². The minimum atomic E-state index is -0.202. The van der Waals surface area contributed by atoms with Crippen molar-refractivity contribution >= 4 is 33.7 Å². The molecule has 4 heteroatoms. The highest BCUT2D eigenvalue weighted by Gasteiger charge is 2.15. The van der Waals surface area contributed by atoms with E-state index < -0.39 is 0 Å². The molecule has 25 heavy (non-hydrogen) atoms. The molecule has 0 aliphatic heterocycles. The summed E-state index contributed by atoms with van der Waals surface area (Å²) in [4.78, 5) is 21.7. The van der Waals surface area contributed by atoms with Gasteiger partial charge in [0.1, 0.15) is 0 Å². The van der Waals surface area contributed by atoms with Crippen LogP contribution in [0.3, 0.4) is 0 Å². The Bertz CT molecular complexity index is 343. The molecule has 0 heterocycles. The van der Waals surface area contributed by atoms with E-state index in [2.05, 4.69) is 13.8 Å². The number of rotatable bonds is 18. The first-order valence-electron chi connectivity index (χ1n) is 10.3. The summed E-state index contributed by atoms with van der Waals surface area (Å²) in [6.07, 6.45) is 17.3. The second-order valence-corrected chi connectivity index (χ2v) is 8.54. The molecule has 0 saturated heterocycles. The second-order valence-electron chi connectivity index (χ2n) is 7.70. The maximum Gasteiger partial charge on any atom is 0.221 e. The highest BCUT2D eigenvalue weighted by Crippen LogP contribution is 2.24. The zero-order valence-electron chi connectivity index (χ0n) is 16.3. The van der Waals surface area contributed by atoms with Gasteiger partial charge in [-0.3, -0.25) is 9.59 Å². The third kappa shape index (κ3) is 18.5. The third-order valence-electron chi connectivity index (χ3n) is 5.06. The van der Waals surface area contributed by atoms with E-state index >= 15 is 0 Å². The van der Waals surface area contributed by atoms with Gasteiger partial charge in [-0.15, -0.1) is 0 Å². The average Bonchev–Trinajstić information content (AvgIpc) is 2.53. The van der Waals surface area contributed by atoms with Crippen LogP contribution >= 0.6 is 23.2 Å². The molecule has 0 aromatic carbocycles. The Morgan fingerprint density at radius 1 is 0.640 bits per heavy atom. The fourth-order valence-electron chi connectivity index (χ4n) is 3.32. The monoisotopic (exact) mass is 392 g/mol. The second kappa shape index (κ2) is 17.3. The summed E-state index contributed by atoms with van der Waals surface area (Å²) in [6.45, 7) is 4.36. The Labute approximate surface area is 165 Å². The summed E-state index contributed by atoms with van der Waals surface area (Å²) >= 11 is 10.8. The Morgan fingerprint density at radius 3 is 1.40 bits per heavy atom. The van der Waals surface area contributed by atoms with Crippen molar-refractivity contribution in [3.05, 3.63) is 0 Å². The molecule has 1 atom stereocenters. The predicted molar refractivity (Wildman–Crippen MR) is 109 cm³/mol. The van der Waals surface area contributed by atoms with Crippen LogP contribution in [-0.4, -0.2) is 10.5 Å². The SMILES string of the molecule is CC(C)C(CCCCCCCCCCCCCCC(=O)Cl)CC(=O)Cl. The average molecular weight is 393 g/mol. The first-order chi connectivity index (χ1) is 11.9. The van der Waals surface area contributed by atoms with Crippen LogP contribution in [0.25, 0.3) is 0 Å². The lowest BCUT2D eigenvalue weighted by Crippen LogP contribution is -2.11. The van der Waals surface area contributed by atoms with Gasteiger partial charge in [0, 0.05) is 12.8 Å². The molecule has 0 amide bonds. The molecule has 0 radical (unpaired) electrons. The van der Waals surface area contributed by atoms with Crippen LogP contribution in [0.2, 0.25) is 0 Å². The first kappa shape index (κ1) is 24.9. The van der Waals surface area contributed by atoms with Crippen molar-refractivity contribution in [1.82, 2.24) is 0 Å². The van der Waals surface area contributed by atoms with E-state index in [0.717, 1.165) is 19.3 Å². The minimum absolute atomic E-state index is 0.189. The van der Waals surface area contributed by atoms with Crippen molar-refractivity contribution in [2.75, 3.05) is 0 Å². The molecule has 148 valence electrons. The van der Waals surface area contributed by atoms with E-state index in [1.54, 1.807) is 0 Å². The quantitative estimate of drug-likeness (QED) is 0.177. The number of halogens is 2. The van der Waals surface area contributed by atoms with E-state index in [1.807, 2.05) is 0 Å². The Hall–Kier alpha value is -0.0800. The van der Waals surface area contributed by atoms with E-state index in [4.69, 9.17) is 23.2 Å². The van der Waals surface area contributed by atoms with Crippen LogP contribution in [0.5, 0.6) is 0 Å². The third-order valence-corrected chi connectivity index (χ3v) is 5.41. The molecule has 2 nitrogen and oxygen atoms in total. The predicted octanol–water partition coefficient (Wildman–Crippen LogP) is 7.64. The number of hydrogen-bond donors (Lipinski definition) is 0. The molecular formula is C21H38Cl2O2. The highest BCUT2D eigenvalue weighted by atomic mass is 35.5. The molecule has 1 unspecified atom stereocenters. The molecule has 0 N–H and O–H groups in total. The lowest BCUT2D eigenvalue weighted by atomic mass is 9.88. The molecule has 0 spiro atoms. The van der Waals surface area contributed by atoms with Gasteiger partial charge < -0.3 is 0 Å². The van der Waals surface area contributed by atoms with Gasteiger partial charge in [-0.05, 0) is 47.9 Å². The molecule has 0 fully saturated rings. The number of carbonyl (C=O) groups excluding carboxylic acids is 2. The Kier molecular flexibility index (Phi) is 17.3. The normalized spacial score (nSPS) is 12.5. The van der Waals surface area contributed by atoms with Gasteiger partial charge in [-0.2, -0.15) is 0 Å². The topological polar surface area (TPSA) is 34.1 Å². The van der Waals surface area contributed by atoms with Crippen LogP contribution in [0, 0.1) is 11.8 Å². The fraction of sp³-hybridized carbons (Fsp3) is 0.905. The summed E-state index contributed by atoms with van der Waals surface area (Å²) < 4.78 is 0. The van der Waals surface area contributed by atoms with Gasteiger partial charge in [-0.25, -0.2) is 0 Å². The minimum Gasteiger partial charge on any atom is -0.281 e. The Balaban J connectivity index is 3.30. The summed E-state index contributed by atoms with van der Waals surface area (Å²) in [5.41, 5.74) is 0. The molecule has 0 rings (SSSR count). The van der Waals surface area contributed by atoms with Gasteiger partial charge in [0.05, 0.1) is 0 Å². The fourth-order valence-corrected chi connectivity index (χ4v) is 3.65. The molecule has 0 aliphatic rings. The maximum atomic E-state index is 11.1. The summed E-state index contributed by atoms with van der Waals surface area (Å²) in [6, 6.07) is 0. The smallest absolute Gasteiger partial charge is 0.221 e. The highest BCUT2D eigenvalue weighted by molar-refractivity contribution is 6.63. The van der Waals surface area contributed by atoms with Gasteiger partial charge in [0.2, 0.25) is 10.5 Å². The van der Waals surface area contributed by atoms with Crippen molar-refractivity contribution < 1.29 is 9.59 Å². The zero-order valence-corrected chi connectivity index (χ0v) is 17.8. The van der Waals surface area contributed by atoms with Gasteiger partial charge >= 0.3 is 0 Å². The molecular weight excluding hydrogens is 355 g/mol. The Morgan fingerprint density at radius 2 is 1.04 bits per heavy atom. The standard InChI is InChI=1S/C21H38Cl2O2/c1-18(2)19(17-21(23)25)15-13-11-9-7-5-3-4-6-8-10-12-14-16-20(22)24/h18-19H,3-17H2,1-2H3. The number of hydrogen-bond acceptors (Lipinski definition) is 2. The summed E-state index contributed by atoms with van der Waals surface area (Å²) in [5.74, 6) is 0.991. The van der Waals surface area contributed by atoms with Crippen LogP contribution in [-0.2, 0) is 9.59 Å². The van der Waals surface area contributed by atoms with Crippen LogP contribution in [0.1, 0.15) is 110 Å². The lowest BCUT2D eigenvalue weighted by molar-refractivity contribution is -0.113.